The monoisotopic (exact) mass is 201 g/mol. The first-order chi connectivity index (χ1) is 6.65. The number of aliphatic carboxylic acids is 1. The van der Waals surface area contributed by atoms with E-state index in [2.05, 4.69) is 0 Å². The van der Waals surface area contributed by atoms with Gasteiger partial charge in [-0.25, -0.2) is 0 Å². The molecule has 0 spiro atoms. The van der Waals surface area contributed by atoms with Crippen LogP contribution in [-0.4, -0.2) is 46.3 Å². The van der Waals surface area contributed by atoms with Gasteiger partial charge in [-0.3, -0.25) is 9.69 Å². The van der Waals surface area contributed by atoms with Crippen LogP contribution in [0.1, 0.15) is 32.6 Å². The van der Waals surface area contributed by atoms with E-state index in [1.165, 1.54) is 0 Å². The van der Waals surface area contributed by atoms with Crippen molar-refractivity contribution in [1.29, 1.82) is 0 Å². The Morgan fingerprint density at radius 2 is 2.07 bits per heavy atom. The largest absolute Gasteiger partial charge is 0.480 e. The van der Waals surface area contributed by atoms with E-state index in [9.17, 15) is 9.90 Å². The molecular formula is C10H19NO3. The van der Waals surface area contributed by atoms with E-state index >= 15 is 0 Å². The highest BCUT2D eigenvalue weighted by Gasteiger charge is 2.28. The summed E-state index contributed by atoms with van der Waals surface area (Å²) < 4.78 is 0. The van der Waals surface area contributed by atoms with E-state index in [4.69, 9.17) is 5.11 Å². The van der Waals surface area contributed by atoms with Gasteiger partial charge in [0, 0.05) is 6.04 Å². The Morgan fingerprint density at radius 1 is 1.43 bits per heavy atom. The summed E-state index contributed by atoms with van der Waals surface area (Å²) in [4.78, 5) is 12.4. The Hall–Kier alpha value is -0.610. The van der Waals surface area contributed by atoms with Gasteiger partial charge >= 0.3 is 5.97 Å². The first-order valence-corrected chi connectivity index (χ1v) is 5.29. The first kappa shape index (κ1) is 11.5. The molecule has 2 unspecified atom stereocenters. The van der Waals surface area contributed by atoms with Crippen LogP contribution in [0.5, 0.6) is 0 Å². The van der Waals surface area contributed by atoms with Crippen LogP contribution in [0.3, 0.4) is 0 Å². The fourth-order valence-corrected chi connectivity index (χ4v) is 2.15. The normalized spacial score (nSPS) is 27.9. The molecule has 0 heterocycles. The molecule has 0 saturated heterocycles. The molecule has 2 atom stereocenters. The van der Waals surface area contributed by atoms with Crippen LogP contribution in [0.25, 0.3) is 0 Å². The number of carboxylic acids is 1. The number of carbonyl (C=O) groups is 1. The fraction of sp³-hybridized carbons (Fsp3) is 0.900. The van der Waals surface area contributed by atoms with Crippen molar-refractivity contribution in [2.24, 2.45) is 0 Å². The second-order valence-corrected chi connectivity index (χ2v) is 3.88. The van der Waals surface area contributed by atoms with Crippen molar-refractivity contribution in [1.82, 2.24) is 4.90 Å². The van der Waals surface area contributed by atoms with E-state index in [1.807, 2.05) is 11.8 Å². The summed E-state index contributed by atoms with van der Waals surface area (Å²) in [7, 11) is 0. The lowest BCUT2D eigenvalue weighted by atomic mass is 9.91. The summed E-state index contributed by atoms with van der Waals surface area (Å²) >= 11 is 0. The second kappa shape index (κ2) is 5.32. The standard InChI is InChI=1S/C10H19NO3/c1-2-11(7-10(13)14)8-5-3-4-6-9(8)12/h8-9,12H,2-7H2,1H3,(H,13,14). The smallest absolute Gasteiger partial charge is 0.317 e. The highest BCUT2D eigenvalue weighted by atomic mass is 16.4. The molecule has 2 N–H and O–H groups in total. The van der Waals surface area contributed by atoms with E-state index < -0.39 is 5.97 Å². The maximum Gasteiger partial charge on any atom is 0.317 e. The van der Waals surface area contributed by atoms with Crippen LogP contribution in [-0.2, 0) is 4.79 Å². The molecule has 1 aliphatic rings. The third-order valence-electron chi connectivity index (χ3n) is 2.91. The van der Waals surface area contributed by atoms with Crippen molar-refractivity contribution < 1.29 is 15.0 Å². The first-order valence-electron chi connectivity index (χ1n) is 5.29. The van der Waals surface area contributed by atoms with E-state index in [0.717, 1.165) is 25.7 Å². The fourth-order valence-electron chi connectivity index (χ4n) is 2.15. The van der Waals surface area contributed by atoms with Crippen LogP contribution in [0.4, 0.5) is 0 Å². The summed E-state index contributed by atoms with van der Waals surface area (Å²) in [6.45, 7) is 2.66. The van der Waals surface area contributed by atoms with Crippen molar-refractivity contribution in [3.05, 3.63) is 0 Å². The molecule has 0 amide bonds. The molecule has 1 rings (SSSR count). The van der Waals surface area contributed by atoms with E-state index in [0.29, 0.717) is 6.54 Å². The summed E-state index contributed by atoms with van der Waals surface area (Å²) in [5.74, 6) is -0.815. The lowest BCUT2D eigenvalue weighted by molar-refractivity contribution is -0.139. The van der Waals surface area contributed by atoms with Gasteiger partial charge in [-0.2, -0.15) is 0 Å². The third-order valence-corrected chi connectivity index (χ3v) is 2.91. The van der Waals surface area contributed by atoms with Crippen LogP contribution >= 0.6 is 0 Å². The maximum atomic E-state index is 10.6. The summed E-state index contributed by atoms with van der Waals surface area (Å²) in [6, 6.07) is 0.0462. The Kier molecular flexibility index (Phi) is 4.35. The topological polar surface area (TPSA) is 60.8 Å². The predicted molar refractivity (Wildman–Crippen MR) is 53.1 cm³/mol. The van der Waals surface area contributed by atoms with Gasteiger partial charge in [0.25, 0.3) is 0 Å². The van der Waals surface area contributed by atoms with Gasteiger partial charge in [0.05, 0.1) is 12.6 Å². The molecule has 14 heavy (non-hydrogen) atoms. The molecule has 0 radical (unpaired) electrons. The maximum absolute atomic E-state index is 10.6. The molecule has 0 aliphatic heterocycles. The van der Waals surface area contributed by atoms with Crippen molar-refractivity contribution >= 4 is 5.97 Å². The molecule has 1 fully saturated rings. The molecule has 0 bridgehead atoms. The molecule has 82 valence electrons. The molecular weight excluding hydrogens is 182 g/mol. The van der Waals surface area contributed by atoms with Gasteiger partial charge in [0.1, 0.15) is 0 Å². The summed E-state index contributed by atoms with van der Waals surface area (Å²) in [6.07, 6.45) is 3.53. The Morgan fingerprint density at radius 3 is 2.57 bits per heavy atom. The van der Waals surface area contributed by atoms with Crippen molar-refractivity contribution in [3.63, 3.8) is 0 Å². The third kappa shape index (κ3) is 2.96. The average molecular weight is 201 g/mol. The SMILES string of the molecule is CCN(CC(=O)O)C1CCCCC1O. The van der Waals surface area contributed by atoms with Gasteiger partial charge < -0.3 is 10.2 Å². The van der Waals surface area contributed by atoms with Crippen LogP contribution in [0.2, 0.25) is 0 Å². The minimum absolute atomic E-state index is 0.0399. The zero-order valence-electron chi connectivity index (χ0n) is 8.65. The highest BCUT2D eigenvalue weighted by molar-refractivity contribution is 5.69. The lowest BCUT2D eigenvalue weighted by Crippen LogP contribution is -2.47. The van der Waals surface area contributed by atoms with Crippen LogP contribution < -0.4 is 0 Å². The number of likely N-dealkylation sites (N-methyl/N-ethyl adjacent to an activating group) is 1. The number of aliphatic hydroxyl groups is 1. The van der Waals surface area contributed by atoms with Gasteiger partial charge in [0.15, 0.2) is 0 Å². The Balaban J connectivity index is 2.52. The van der Waals surface area contributed by atoms with E-state index in [-0.39, 0.29) is 18.7 Å². The molecule has 0 aromatic carbocycles. The molecule has 4 heteroatoms. The predicted octanol–water partition coefficient (Wildman–Crippen LogP) is 0.696. The number of carboxylic acid groups (broad SMARTS) is 1. The quantitative estimate of drug-likeness (QED) is 0.702. The van der Waals surface area contributed by atoms with Gasteiger partial charge in [0.2, 0.25) is 0 Å². The lowest BCUT2D eigenvalue weighted by Gasteiger charge is -2.36. The summed E-state index contributed by atoms with van der Waals surface area (Å²) in [5, 5.41) is 18.5. The highest BCUT2D eigenvalue weighted by Crippen LogP contribution is 2.22. The van der Waals surface area contributed by atoms with E-state index in [1.54, 1.807) is 0 Å². The molecule has 1 saturated carbocycles. The zero-order valence-corrected chi connectivity index (χ0v) is 8.65. The Labute approximate surface area is 84.5 Å². The number of hydrogen-bond acceptors (Lipinski definition) is 3. The molecule has 1 aliphatic carbocycles. The van der Waals surface area contributed by atoms with Crippen LogP contribution in [0.15, 0.2) is 0 Å². The summed E-state index contributed by atoms with van der Waals surface area (Å²) in [5.41, 5.74) is 0. The van der Waals surface area contributed by atoms with Gasteiger partial charge in [-0.1, -0.05) is 19.8 Å². The zero-order chi connectivity index (χ0) is 10.6. The van der Waals surface area contributed by atoms with Crippen molar-refractivity contribution in [2.75, 3.05) is 13.1 Å². The number of nitrogens with zero attached hydrogens (tertiary/aromatic N) is 1. The van der Waals surface area contributed by atoms with Gasteiger partial charge in [-0.15, -0.1) is 0 Å². The molecule has 0 aromatic rings. The number of aliphatic hydroxyl groups excluding tert-OH is 1. The average Bonchev–Trinajstić information content (AvgIpc) is 2.15. The molecule has 0 aromatic heterocycles. The Bertz CT molecular complexity index is 196. The van der Waals surface area contributed by atoms with Crippen LogP contribution in [0, 0.1) is 0 Å². The number of rotatable bonds is 4. The minimum Gasteiger partial charge on any atom is -0.480 e. The minimum atomic E-state index is -0.815. The number of hydrogen-bond donors (Lipinski definition) is 2. The van der Waals surface area contributed by atoms with Crippen molar-refractivity contribution in [2.45, 2.75) is 44.8 Å². The molecule has 4 nitrogen and oxygen atoms in total. The second-order valence-electron chi connectivity index (χ2n) is 3.88. The van der Waals surface area contributed by atoms with Gasteiger partial charge in [-0.05, 0) is 19.4 Å². The van der Waals surface area contributed by atoms with Crippen molar-refractivity contribution in [3.8, 4) is 0 Å².